The number of rotatable bonds is 4. The van der Waals surface area contributed by atoms with Crippen LogP contribution in [0.5, 0.6) is 0 Å². The zero-order chi connectivity index (χ0) is 11.0. The van der Waals surface area contributed by atoms with E-state index in [-0.39, 0.29) is 0 Å². The maximum absolute atomic E-state index is 4.82. The SMILES string of the molecule is CS(C)(S)C(CC1SCS1)S(C)(C)S. The largest absolute Gasteiger partial charge is 0.190 e. The Balaban J connectivity index is 2.61. The molecule has 0 bridgehead atoms. The van der Waals surface area contributed by atoms with E-state index in [4.69, 9.17) is 23.3 Å². The van der Waals surface area contributed by atoms with Gasteiger partial charge in [0.25, 0.3) is 0 Å². The topological polar surface area (TPSA) is 0 Å². The van der Waals surface area contributed by atoms with Gasteiger partial charge in [-0.05, 0) is 31.4 Å². The molecule has 1 aliphatic heterocycles. The molecule has 0 unspecified atom stereocenters. The molecule has 0 aromatic carbocycles. The van der Waals surface area contributed by atoms with E-state index in [0.29, 0.717) is 4.58 Å². The Bertz CT molecular complexity index is 173. The molecule has 88 valence electrons. The third-order valence-corrected chi connectivity index (χ3v) is 13.4. The van der Waals surface area contributed by atoms with Crippen molar-refractivity contribution in [1.82, 2.24) is 0 Å². The zero-order valence-corrected chi connectivity index (χ0v) is 14.2. The van der Waals surface area contributed by atoms with Crippen molar-refractivity contribution in [3.05, 3.63) is 0 Å². The third-order valence-electron chi connectivity index (χ3n) is 2.18. The molecule has 0 nitrogen and oxygen atoms in total. The van der Waals surface area contributed by atoms with Crippen molar-refractivity contribution in [2.24, 2.45) is 0 Å². The van der Waals surface area contributed by atoms with E-state index in [2.05, 4.69) is 48.5 Å². The van der Waals surface area contributed by atoms with Gasteiger partial charge < -0.3 is 0 Å². The van der Waals surface area contributed by atoms with Gasteiger partial charge in [-0.3, -0.25) is 0 Å². The van der Waals surface area contributed by atoms with Crippen molar-refractivity contribution in [1.29, 1.82) is 0 Å². The Hall–Kier alpha value is 2.10. The second-order valence-corrected chi connectivity index (χ2v) is 19.8. The van der Waals surface area contributed by atoms with Crippen molar-refractivity contribution in [2.75, 3.05) is 30.1 Å². The molecule has 0 atom stereocenters. The number of thiol groups is 2. The molecule has 0 aliphatic carbocycles. The summed E-state index contributed by atoms with van der Waals surface area (Å²) in [5.74, 6) is 0. The standard InChI is InChI=1S/C8H20S6/c1-13(2,9)8(14(3,4)10)5-7-11-6-12-7/h7-10H,5-6H2,1-4H3. The molecule has 0 aromatic heterocycles. The van der Waals surface area contributed by atoms with Crippen LogP contribution in [0.1, 0.15) is 6.42 Å². The van der Waals surface area contributed by atoms with E-state index in [9.17, 15) is 0 Å². The van der Waals surface area contributed by atoms with Gasteiger partial charge in [0.05, 0.1) is 4.58 Å². The Morgan fingerprint density at radius 2 is 1.57 bits per heavy atom. The first-order valence-electron chi connectivity index (χ1n) is 4.33. The first-order chi connectivity index (χ1) is 6.21. The molecule has 1 rings (SSSR count). The van der Waals surface area contributed by atoms with Crippen LogP contribution in [-0.2, 0) is 0 Å². The summed E-state index contributed by atoms with van der Waals surface area (Å²) in [5, 5.41) is 1.28. The molecule has 0 spiro atoms. The second-order valence-electron chi connectivity index (χ2n) is 4.25. The lowest BCUT2D eigenvalue weighted by Crippen LogP contribution is -2.23. The van der Waals surface area contributed by atoms with Crippen LogP contribution < -0.4 is 0 Å². The fourth-order valence-electron chi connectivity index (χ4n) is 1.50. The molecule has 1 heterocycles. The molecule has 1 fully saturated rings. The normalized spacial score (nSPS) is 22.2. The van der Waals surface area contributed by atoms with Crippen LogP contribution >= 0.6 is 65.0 Å². The molecule has 0 N–H and O–H groups in total. The van der Waals surface area contributed by atoms with E-state index in [0.717, 1.165) is 4.58 Å². The van der Waals surface area contributed by atoms with Crippen LogP contribution in [0.15, 0.2) is 0 Å². The average Bonchev–Trinajstić information content (AvgIpc) is 1.76. The van der Waals surface area contributed by atoms with Gasteiger partial charge >= 0.3 is 0 Å². The summed E-state index contributed by atoms with van der Waals surface area (Å²) in [6, 6.07) is 0. The molecule has 0 aromatic rings. The quantitative estimate of drug-likeness (QED) is 0.587. The summed E-state index contributed by atoms with van der Waals surface area (Å²) >= 11 is 13.8. The number of thioether (sulfide) groups is 2. The minimum absolute atomic E-state index is 0.715. The highest BCUT2D eigenvalue weighted by atomic mass is 33.2. The maximum atomic E-state index is 4.82. The van der Waals surface area contributed by atoms with Gasteiger partial charge in [0, 0.05) is 9.67 Å². The summed E-state index contributed by atoms with van der Waals surface area (Å²) in [5.41, 5.74) is 0. The Morgan fingerprint density at radius 3 is 1.79 bits per heavy atom. The average molecular weight is 309 g/mol. The minimum atomic E-state index is -0.765. The lowest BCUT2D eigenvalue weighted by atomic mass is 10.5. The van der Waals surface area contributed by atoms with E-state index in [1.807, 2.05) is 0 Å². The van der Waals surface area contributed by atoms with E-state index >= 15 is 0 Å². The van der Waals surface area contributed by atoms with Gasteiger partial charge in [-0.2, -0.15) is 18.1 Å². The van der Waals surface area contributed by atoms with Gasteiger partial charge in [-0.15, -0.1) is 46.8 Å². The molecule has 6 heteroatoms. The molecule has 0 saturated carbocycles. The number of hydrogen-bond acceptors (Lipinski definition) is 4. The highest BCUT2D eigenvalue weighted by Gasteiger charge is 2.34. The maximum Gasteiger partial charge on any atom is 0.0537 e. The van der Waals surface area contributed by atoms with E-state index in [1.165, 1.54) is 11.5 Å². The number of hydrogen-bond donors (Lipinski definition) is 2. The van der Waals surface area contributed by atoms with Gasteiger partial charge in [0.15, 0.2) is 0 Å². The summed E-state index contributed by atoms with van der Waals surface area (Å²) < 4.78 is 1.53. The van der Waals surface area contributed by atoms with Crippen LogP contribution in [0.3, 0.4) is 0 Å². The molecule has 0 radical (unpaired) electrons. The molecular weight excluding hydrogens is 288 g/mol. The van der Waals surface area contributed by atoms with Gasteiger partial charge in [0.2, 0.25) is 0 Å². The van der Waals surface area contributed by atoms with E-state index < -0.39 is 18.1 Å². The third kappa shape index (κ3) is 4.17. The fraction of sp³-hybridized carbons (Fsp3) is 1.00. The highest BCUT2D eigenvalue weighted by Crippen LogP contribution is 2.69. The second kappa shape index (κ2) is 5.17. The van der Waals surface area contributed by atoms with Crippen molar-refractivity contribution in [2.45, 2.75) is 15.6 Å². The first kappa shape index (κ1) is 14.2. The monoisotopic (exact) mass is 308 g/mol. The Labute approximate surface area is 110 Å². The van der Waals surface area contributed by atoms with Crippen molar-refractivity contribution >= 4 is 65.0 Å². The lowest BCUT2D eigenvalue weighted by Gasteiger charge is -2.48. The summed E-state index contributed by atoms with van der Waals surface area (Å²) in [6.45, 7) is 0. The highest BCUT2D eigenvalue weighted by molar-refractivity contribution is 8.97. The molecule has 0 amide bonds. The predicted octanol–water partition coefficient (Wildman–Crippen LogP) is 4.28. The Morgan fingerprint density at radius 1 is 1.14 bits per heavy atom. The summed E-state index contributed by atoms with van der Waals surface area (Å²) in [7, 11) is -1.53. The lowest BCUT2D eigenvalue weighted by molar-refractivity contribution is 1.01. The minimum Gasteiger partial charge on any atom is -0.190 e. The van der Waals surface area contributed by atoms with Crippen molar-refractivity contribution < 1.29 is 0 Å². The van der Waals surface area contributed by atoms with Gasteiger partial charge in [-0.25, -0.2) is 0 Å². The summed E-state index contributed by atoms with van der Waals surface area (Å²) in [6.07, 6.45) is 10.5. The molecule has 14 heavy (non-hydrogen) atoms. The molecular formula is C8H20S6. The predicted molar refractivity (Wildman–Crippen MR) is 89.1 cm³/mol. The van der Waals surface area contributed by atoms with Crippen molar-refractivity contribution in [3.8, 4) is 0 Å². The summed E-state index contributed by atoms with van der Waals surface area (Å²) in [4.78, 5) is 0. The van der Waals surface area contributed by atoms with Crippen LogP contribution in [-0.4, -0.2) is 39.3 Å². The molecule has 1 saturated heterocycles. The fourth-order valence-corrected chi connectivity index (χ4v) is 14.9. The van der Waals surface area contributed by atoms with Crippen LogP contribution in [0.2, 0.25) is 0 Å². The smallest absolute Gasteiger partial charge is 0.0537 e. The first-order valence-corrected chi connectivity index (χ1v) is 13.6. The van der Waals surface area contributed by atoms with Crippen LogP contribution in [0.25, 0.3) is 0 Å². The van der Waals surface area contributed by atoms with Crippen LogP contribution in [0, 0.1) is 0 Å². The van der Waals surface area contributed by atoms with Crippen molar-refractivity contribution in [3.63, 3.8) is 0 Å². The molecule has 1 aliphatic rings. The van der Waals surface area contributed by atoms with Gasteiger partial charge in [0.1, 0.15) is 0 Å². The van der Waals surface area contributed by atoms with Gasteiger partial charge in [-0.1, -0.05) is 0 Å². The van der Waals surface area contributed by atoms with Crippen LogP contribution in [0.4, 0.5) is 0 Å². The van der Waals surface area contributed by atoms with E-state index in [1.54, 1.807) is 0 Å². The zero-order valence-electron chi connectivity index (χ0n) is 9.10. The Kier molecular flexibility index (Phi) is 5.23.